The number of carbonyl (C=O) groups excluding carboxylic acids is 1. The van der Waals surface area contributed by atoms with Crippen molar-refractivity contribution >= 4 is 17.5 Å². The van der Waals surface area contributed by atoms with Crippen LogP contribution in [0.15, 0.2) is 24.3 Å². The predicted octanol–water partition coefficient (Wildman–Crippen LogP) is 4.64. The Bertz CT molecular complexity index is 485. The number of ether oxygens (including phenoxy) is 1. The first-order valence-corrected chi connectivity index (χ1v) is 7.70. The van der Waals surface area contributed by atoms with Crippen LogP contribution in [0.2, 0.25) is 0 Å². The molecule has 1 aromatic rings. The van der Waals surface area contributed by atoms with Gasteiger partial charge in [-0.1, -0.05) is 26.3 Å². The number of anilines is 2. The molecule has 4 heteroatoms. The van der Waals surface area contributed by atoms with Gasteiger partial charge in [-0.15, -0.1) is 0 Å². The number of hydrogen-bond donors (Lipinski definition) is 2. The quantitative estimate of drug-likeness (QED) is 0.798. The highest BCUT2D eigenvalue weighted by atomic mass is 16.5. The molecule has 2 N–H and O–H groups in total. The van der Waals surface area contributed by atoms with Crippen molar-refractivity contribution in [2.45, 2.75) is 52.0 Å². The number of amides is 1. The molecule has 1 fully saturated rings. The van der Waals surface area contributed by atoms with Crippen LogP contribution in [0.4, 0.5) is 16.2 Å². The average Bonchev–Trinajstić information content (AvgIpc) is 2.60. The van der Waals surface area contributed by atoms with E-state index in [9.17, 15) is 4.79 Å². The Morgan fingerprint density at radius 3 is 2.76 bits per heavy atom. The molecular weight excluding hydrogens is 264 g/mol. The first-order chi connectivity index (χ1) is 9.98. The topological polar surface area (TPSA) is 50.4 Å². The van der Waals surface area contributed by atoms with Gasteiger partial charge in [-0.05, 0) is 49.3 Å². The van der Waals surface area contributed by atoms with Crippen LogP contribution in [-0.2, 0) is 4.74 Å². The van der Waals surface area contributed by atoms with Crippen molar-refractivity contribution < 1.29 is 9.53 Å². The van der Waals surface area contributed by atoms with Crippen molar-refractivity contribution in [1.82, 2.24) is 0 Å². The molecule has 0 aromatic heterocycles. The molecule has 4 nitrogen and oxygen atoms in total. The first kappa shape index (κ1) is 15.7. The van der Waals surface area contributed by atoms with Gasteiger partial charge in [0, 0.05) is 17.4 Å². The molecule has 0 radical (unpaired) electrons. The molecule has 1 aliphatic rings. The highest BCUT2D eigenvalue weighted by molar-refractivity contribution is 5.85. The number of rotatable bonds is 3. The summed E-state index contributed by atoms with van der Waals surface area (Å²) in [5, 5.41) is 6.29. The summed E-state index contributed by atoms with van der Waals surface area (Å²) in [4.78, 5) is 11.2. The van der Waals surface area contributed by atoms with E-state index in [0.717, 1.165) is 11.4 Å². The summed E-state index contributed by atoms with van der Waals surface area (Å²) in [5.74, 6) is 0. The third-order valence-corrected chi connectivity index (χ3v) is 4.24. The van der Waals surface area contributed by atoms with Crippen LogP contribution in [0.1, 0.15) is 46.0 Å². The molecule has 0 heterocycles. The van der Waals surface area contributed by atoms with Gasteiger partial charge in [0.25, 0.3) is 0 Å². The van der Waals surface area contributed by atoms with Crippen molar-refractivity contribution in [3.63, 3.8) is 0 Å². The van der Waals surface area contributed by atoms with Gasteiger partial charge in [0.15, 0.2) is 0 Å². The monoisotopic (exact) mass is 290 g/mol. The SMILES string of the molecule is COC(=O)Nc1cccc(NC2CCCC(C)(C)CC2)c1. The lowest BCUT2D eigenvalue weighted by atomic mass is 9.85. The van der Waals surface area contributed by atoms with Crippen LogP contribution >= 0.6 is 0 Å². The number of methoxy groups -OCH3 is 1. The molecule has 1 unspecified atom stereocenters. The molecule has 0 aliphatic heterocycles. The molecule has 21 heavy (non-hydrogen) atoms. The summed E-state index contributed by atoms with van der Waals surface area (Å²) in [7, 11) is 1.37. The molecule has 0 saturated heterocycles. The Hall–Kier alpha value is -1.71. The zero-order valence-electron chi connectivity index (χ0n) is 13.2. The Kier molecular flexibility index (Phi) is 5.10. The smallest absolute Gasteiger partial charge is 0.411 e. The van der Waals surface area contributed by atoms with Crippen molar-refractivity contribution in [1.29, 1.82) is 0 Å². The molecule has 2 rings (SSSR count). The van der Waals surface area contributed by atoms with Crippen molar-refractivity contribution in [2.24, 2.45) is 5.41 Å². The highest BCUT2D eigenvalue weighted by Gasteiger charge is 2.24. The maximum atomic E-state index is 11.2. The summed E-state index contributed by atoms with van der Waals surface area (Å²) in [6, 6.07) is 8.30. The molecule has 1 atom stereocenters. The van der Waals surface area contributed by atoms with Crippen LogP contribution in [0.25, 0.3) is 0 Å². The van der Waals surface area contributed by atoms with Crippen LogP contribution in [-0.4, -0.2) is 19.2 Å². The Labute approximate surface area is 127 Å². The Morgan fingerprint density at radius 1 is 1.24 bits per heavy atom. The second kappa shape index (κ2) is 6.83. The third-order valence-electron chi connectivity index (χ3n) is 4.24. The van der Waals surface area contributed by atoms with Gasteiger partial charge in [-0.2, -0.15) is 0 Å². The zero-order chi connectivity index (χ0) is 15.3. The van der Waals surface area contributed by atoms with Gasteiger partial charge >= 0.3 is 6.09 Å². The minimum Gasteiger partial charge on any atom is -0.453 e. The minimum atomic E-state index is -0.441. The van der Waals surface area contributed by atoms with E-state index in [4.69, 9.17) is 0 Å². The van der Waals surface area contributed by atoms with E-state index in [2.05, 4.69) is 29.2 Å². The zero-order valence-corrected chi connectivity index (χ0v) is 13.2. The molecule has 1 aromatic carbocycles. The van der Waals surface area contributed by atoms with Crippen molar-refractivity contribution in [2.75, 3.05) is 17.7 Å². The van der Waals surface area contributed by atoms with Crippen LogP contribution in [0.5, 0.6) is 0 Å². The van der Waals surface area contributed by atoms with E-state index in [1.165, 1.54) is 39.2 Å². The maximum Gasteiger partial charge on any atom is 0.411 e. The number of carbonyl (C=O) groups is 1. The number of nitrogens with one attached hydrogen (secondary N) is 2. The van der Waals surface area contributed by atoms with E-state index in [-0.39, 0.29) is 0 Å². The fraction of sp³-hybridized carbons (Fsp3) is 0.588. The van der Waals surface area contributed by atoms with Gasteiger partial charge in [-0.25, -0.2) is 4.79 Å². The van der Waals surface area contributed by atoms with Gasteiger partial charge in [0.05, 0.1) is 7.11 Å². The number of hydrogen-bond acceptors (Lipinski definition) is 3. The standard InChI is InChI=1S/C17H26N2O2/c1-17(2)10-5-8-13(9-11-17)18-14-6-4-7-15(12-14)19-16(20)21-3/h4,6-7,12-13,18H,5,8-11H2,1-3H3,(H,19,20). The van der Waals surface area contributed by atoms with E-state index in [1.807, 2.05) is 24.3 Å². The van der Waals surface area contributed by atoms with E-state index < -0.39 is 6.09 Å². The lowest BCUT2D eigenvalue weighted by molar-refractivity contribution is 0.187. The third kappa shape index (κ3) is 4.96. The summed E-state index contributed by atoms with van der Waals surface area (Å²) in [5.41, 5.74) is 2.26. The molecule has 0 spiro atoms. The van der Waals surface area contributed by atoms with Gasteiger partial charge in [-0.3, -0.25) is 5.32 Å². The van der Waals surface area contributed by atoms with Crippen LogP contribution in [0, 0.1) is 5.41 Å². The van der Waals surface area contributed by atoms with Gasteiger partial charge in [0.2, 0.25) is 0 Å². The maximum absolute atomic E-state index is 11.2. The van der Waals surface area contributed by atoms with E-state index >= 15 is 0 Å². The lowest BCUT2D eigenvalue weighted by Gasteiger charge is -2.22. The molecule has 1 aliphatic carbocycles. The molecular formula is C17H26N2O2. The summed E-state index contributed by atoms with van der Waals surface area (Å²) in [6.45, 7) is 4.71. The lowest BCUT2D eigenvalue weighted by Crippen LogP contribution is -2.19. The minimum absolute atomic E-state index is 0.441. The molecule has 0 bridgehead atoms. The average molecular weight is 290 g/mol. The second-order valence-electron chi connectivity index (χ2n) is 6.63. The summed E-state index contributed by atoms with van der Waals surface area (Å²) >= 11 is 0. The fourth-order valence-electron chi connectivity index (χ4n) is 2.90. The molecule has 1 amide bonds. The van der Waals surface area contributed by atoms with Crippen LogP contribution in [0.3, 0.4) is 0 Å². The largest absolute Gasteiger partial charge is 0.453 e. The number of benzene rings is 1. The first-order valence-electron chi connectivity index (χ1n) is 7.70. The van der Waals surface area contributed by atoms with Crippen molar-refractivity contribution in [3.05, 3.63) is 24.3 Å². The van der Waals surface area contributed by atoms with E-state index in [0.29, 0.717) is 11.5 Å². The van der Waals surface area contributed by atoms with Crippen molar-refractivity contribution in [3.8, 4) is 0 Å². The van der Waals surface area contributed by atoms with E-state index in [1.54, 1.807) is 0 Å². The Morgan fingerprint density at radius 2 is 2.00 bits per heavy atom. The second-order valence-corrected chi connectivity index (χ2v) is 6.63. The van der Waals surface area contributed by atoms with Crippen LogP contribution < -0.4 is 10.6 Å². The predicted molar refractivity (Wildman–Crippen MR) is 86.7 cm³/mol. The summed E-state index contributed by atoms with van der Waals surface area (Å²) in [6.07, 6.45) is 5.79. The molecule has 116 valence electrons. The highest BCUT2D eigenvalue weighted by Crippen LogP contribution is 2.34. The van der Waals surface area contributed by atoms with Gasteiger partial charge in [0.1, 0.15) is 0 Å². The fourth-order valence-corrected chi connectivity index (χ4v) is 2.90. The van der Waals surface area contributed by atoms with Gasteiger partial charge < -0.3 is 10.1 Å². The normalized spacial score (nSPS) is 21.2. The molecule has 1 saturated carbocycles. The Balaban J connectivity index is 1.96. The summed E-state index contributed by atoms with van der Waals surface area (Å²) < 4.78 is 4.61.